The highest BCUT2D eigenvalue weighted by atomic mass is 127. The molecule has 0 saturated heterocycles. The molecule has 88 valence electrons. The van der Waals surface area contributed by atoms with E-state index < -0.39 is 0 Å². The number of hydrogen-bond donors (Lipinski definition) is 1. The molecule has 2 aromatic rings. The van der Waals surface area contributed by atoms with E-state index >= 15 is 0 Å². The molecule has 1 N–H and O–H groups in total. The summed E-state index contributed by atoms with van der Waals surface area (Å²) in [7, 11) is 0. The van der Waals surface area contributed by atoms with Gasteiger partial charge in [-0.05, 0) is 47.0 Å². The molecule has 0 saturated carbocycles. The van der Waals surface area contributed by atoms with E-state index in [9.17, 15) is 4.79 Å². The Balaban J connectivity index is 2.11. The first kappa shape index (κ1) is 12.8. The first-order chi connectivity index (χ1) is 8.19. The Labute approximate surface area is 120 Å². The van der Waals surface area contributed by atoms with Crippen LogP contribution in [0.5, 0.6) is 0 Å². The van der Waals surface area contributed by atoms with Crippen LogP contribution in [0.2, 0.25) is 0 Å². The molecule has 0 aliphatic rings. The van der Waals surface area contributed by atoms with Crippen molar-refractivity contribution in [2.24, 2.45) is 0 Å². The Morgan fingerprint density at radius 3 is 2.94 bits per heavy atom. The fourth-order valence-corrected chi connectivity index (χ4v) is 2.85. The van der Waals surface area contributed by atoms with Crippen LogP contribution in [-0.2, 0) is 0 Å². The lowest BCUT2D eigenvalue weighted by Gasteiger charge is -2.01. The summed E-state index contributed by atoms with van der Waals surface area (Å²) in [5.41, 5.74) is 0.623. The molecule has 0 spiro atoms. The number of aromatic nitrogens is 2. The van der Waals surface area contributed by atoms with Crippen LogP contribution in [0.25, 0.3) is 0 Å². The third-order valence-electron chi connectivity index (χ3n) is 1.89. The number of thioether (sulfide) groups is 1. The van der Waals surface area contributed by atoms with E-state index in [4.69, 9.17) is 0 Å². The number of benzene rings is 1. The first-order valence-corrected chi connectivity index (χ1v) is 7.75. The zero-order valence-electron chi connectivity index (χ0n) is 8.81. The Morgan fingerprint density at radius 1 is 1.47 bits per heavy atom. The molecule has 1 heterocycles. The van der Waals surface area contributed by atoms with Gasteiger partial charge in [-0.15, -0.1) is 10.2 Å². The maximum atomic E-state index is 11.9. The smallest absolute Gasteiger partial charge is 0.257 e. The number of anilines is 1. The number of rotatable bonds is 3. The molecule has 0 atom stereocenters. The van der Waals surface area contributed by atoms with Crippen LogP contribution in [0.4, 0.5) is 5.13 Å². The third-order valence-corrected chi connectivity index (χ3v) is 4.37. The van der Waals surface area contributed by atoms with Gasteiger partial charge in [0.25, 0.3) is 5.91 Å². The number of hydrogen-bond acceptors (Lipinski definition) is 5. The highest BCUT2D eigenvalue weighted by Crippen LogP contribution is 2.23. The zero-order chi connectivity index (χ0) is 12.3. The second-order valence-corrected chi connectivity index (χ2v) is 6.32. The van der Waals surface area contributed by atoms with Crippen molar-refractivity contribution in [2.45, 2.75) is 4.34 Å². The number of carbonyl (C=O) groups is 1. The molecule has 1 amide bonds. The average Bonchev–Trinajstić information content (AvgIpc) is 2.77. The van der Waals surface area contributed by atoms with E-state index in [-0.39, 0.29) is 5.91 Å². The Kier molecular flexibility index (Phi) is 4.35. The molecule has 2 rings (SSSR count). The summed E-state index contributed by atoms with van der Waals surface area (Å²) in [4.78, 5) is 11.9. The normalized spacial score (nSPS) is 10.2. The van der Waals surface area contributed by atoms with E-state index in [1.165, 1.54) is 23.1 Å². The number of amides is 1. The lowest BCUT2D eigenvalue weighted by Crippen LogP contribution is -2.11. The lowest BCUT2D eigenvalue weighted by molar-refractivity contribution is 0.102. The van der Waals surface area contributed by atoms with E-state index in [0.29, 0.717) is 10.7 Å². The Morgan fingerprint density at radius 2 is 2.29 bits per heavy atom. The molecule has 0 aliphatic carbocycles. The molecule has 7 heteroatoms. The Hall–Kier alpha value is -0.670. The quantitative estimate of drug-likeness (QED) is 0.507. The lowest BCUT2D eigenvalue weighted by atomic mass is 10.2. The largest absolute Gasteiger partial charge is 0.296 e. The van der Waals surface area contributed by atoms with Crippen LogP contribution in [0.3, 0.4) is 0 Å². The maximum absolute atomic E-state index is 11.9. The second kappa shape index (κ2) is 5.78. The summed E-state index contributed by atoms with van der Waals surface area (Å²) in [5, 5.41) is 11.1. The van der Waals surface area contributed by atoms with Gasteiger partial charge in [0.05, 0.1) is 0 Å². The van der Waals surface area contributed by atoms with Crippen LogP contribution < -0.4 is 5.32 Å². The van der Waals surface area contributed by atoms with Gasteiger partial charge in [0.15, 0.2) is 4.34 Å². The van der Waals surface area contributed by atoms with Gasteiger partial charge >= 0.3 is 0 Å². The van der Waals surface area contributed by atoms with Crippen molar-refractivity contribution in [3.8, 4) is 0 Å². The van der Waals surface area contributed by atoms with Crippen molar-refractivity contribution < 1.29 is 4.79 Å². The predicted octanol–water partition coefficient (Wildman–Crippen LogP) is 3.12. The molecule has 0 fully saturated rings. The van der Waals surface area contributed by atoms with E-state index in [1.807, 2.05) is 24.5 Å². The molecule has 1 aromatic heterocycles. The van der Waals surface area contributed by atoms with Crippen molar-refractivity contribution >= 4 is 56.7 Å². The van der Waals surface area contributed by atoms with Gasteiger partial charge < -0.3 is 0 Å². The standard InChI is InChI=1S/C10H8IN3OS2/c1-16-10-14-13-9(17-10)12-8(15)6-3-2-4-7(11)5-6/h2-5H,1H3,(H,12,13,15). The summed E-state index contributed by atoms with van der Waals surface area (Å²) in [6, 6.07) is 7.39. The minimum absolute atomic E-state index is 0.160. The van der Waals surface area contributed by atoms with Crippen molar-refractivity contribution in [3.63, 3.8) is 0 Å². The summed E-state index contributed by atoms with van der Waals surface area (Å²) in [5.74, 6) is -0.160. The topological polar surface area (TPSA) is 54.9 Å². The van der Waals surface area contributed by atoms with Gasteiger partial charge in [0.2, 0.25) is 5.13 Å². The van der Waals surface area contributed by atoms with Crippen molar-refractivity contribution in [3.05, 3.63) is 33.4 Å². The van der Waals surface area contributed by atoms with E-state index in [2.05, 4.69) is 38.1 Å². The van der Waals surface area contributed by atoms with Gasteiger partial charge in [-0.25, -0.2) is 0 Å². The van der Waals surface area contributed by atoms with Gasteiger partial charge in [-0.2, -0.15) is 0 Å². The maximum Gasteiger partial charge on any atom is 0.257 e. The van der Waals surface area contributed by atoms with Crippen LogP contribution in [0.15, 0.2) is 28.6 Å². The SMILES string of the molecule is CSc1nnc(NC(=O)c2cccc(I)c2)s1. The van der Waals surface area contributed by atoms with Gasteiger partial charge in [0, 0.05) is 9.13 Å². The van der Waals surface area contributed by atoms with Crippen LogP contribution in [-0.4, -0.2) is 22.4 Å². The average molecular weight is 377 g/mol. The molecular formula is C10H8IN3OS2. The molecule has 0 radical (unpaired) electrons. The Bertz CT molecular complexity index is 544. The molecule has 1 aromatic carbocycles. The van der Waals surface area contributed by atoms with Gasteiger partial charge in [-0.3, -0.25) is 10.1 Å². The number of carbonyl (C=O) groups excluding carboxylic acids is 1. The van der Waals surface area contributed by atoms with Crippen LogP contribution in [0.1, 0.15) is 10.4 Å². The van der Waals surface area contributed by atoms with Crippen LogP contribution in [0, 0.1) is 3.57 Å². The van der Waals surface area contributed by atoms with Crippen LogP contribution >= 0.6 is 45.7 Å². The minimum Gasteiger partial charge on any atom is -0.296 e. The fraction of sp³-hybridized carbons (Fsp3) is 0.100. The molecule has 4 nitrogen and oxygen atoms in total. The molecule has 0 aliphatic heterocycles. The minimum atomic E-state index is -0.160. The van der Waals surface area contributed by atoms with Gasteiger partial charge in [0.1, 0.15) is 0 Å². The van der Waals surface area contributed by atoms with Gasteiger partial charge in [-0.1, -0.05) is 29.2 Å². The summed E-state index contributed by atoms with van der Waals surface area (Å²) in [6.45, 7) is 0. The number of nitrogens with zero attached hydrogens (tertiary/aromatic N) is 2. The second-order valence-electron chi connectivity index (χ2n) is 3.04. The van der Waals surface area contributed by atoms with Crippen molar-refractivity contribution in [2.75, 3.05) is 11.6 Å². The molecule has 0 bridgehead atoms. The molecular weight excluding hydrogens is 369 g/mol. The van der Waals surface area contributed by atoms with E-state index in [0.717, 1.165) is 7.91 Å². The van der Waals surface area contributed by atoms with Crippen molar-refractivity contribution in [1.82, 2.24) is 10.2 Å². The van der Waals surface area contributed by atoms with Crippen molar-refractivity contribution in [1.29, 1.82) is 0 Å². The molecule has 0 unspecified atom stereocenters. The predicted molar refractivity (Wildman–Crippen MR) is 78.8 cm³/mol. The zero-order valence-corrected chi connectivity index (χ0v) is 12.6. The third kappa shape index (κ3) is 3.39. The highest BCUT2D eigenvalue weighted by Gasteiger charge is 2.09. The number of nitrogens with one attached hydrogen (secondary N) is 1. The summed E-state index contributed by atoms with van der Waals surface area (Å²) in [6.07, 6.45) is 1.92. The monoisotopic (exact) mass is 377 g/mol. The summed E-state index contributed by atoms with van der Waals surface area (Å²) < 4.78 is 1.86. The molecule has 17 heavy (non-hydrogen) atoms. The first-order valence-electron chi connectivity index (χ1n) is 4.63. The fourth-order valence-electron chi connectivity index (χ4n) is 1.14. The summed E-state index contributed by atoms with van der Waals surface area (Å²) >= 11 is 5.05. The highest BCUT2D eigenvalue weighted by molar-refractivity contribution is 14.1. The van der Waals surface area contributed by atoms with E-state index in [1.54, 1.807) is 6.07 Å². The number of halogens is 1.